The number of rotatable bonds is 4. The van der Waals surface area contributed by atoms with Crippen molar-refractivity contribution in [3.8, 4) is 5.75 Å². The Kier molecular flexibility index (Phi) is 3.95. The van der Waals surface area contributed by atoms with Crippen LogP contribution in [-0.4, -0.2) is 5.11 Å². The molecule has 2 N–H and O–H groups in total. The van der Waals surface area contributed by atoms with E-state index in [-0.39, 0.29) is 17.6 Å². The fourth-order valence-corrected chi connectivity index (χ4v) is 1.79. The summed E-state index contributed by atoms with van der Waals surface area (Å²) in [6.07, 6.45) is 0. The molecule has 0 spiro atoms. The number of phenolic OH excluding ortho intramolecular Hbond substituents is 1. The van der Waals surface area contributed by atoms with E-state index in [2.05, 4.69) is 5.32 Å². The summed E-state index contributed by atoms with van der Waals surface area (Å²) in [5.41, 5.74) is 1.72. The fraction of sp³-hybridized carbons (Fsp3) is 0.200. The monoisotopic (exact) mass is 245 g/mol. The third-order valence-corrected chi connectivity index (χ3v) is 2.95. The van der Waals surface area contributed by atoms with Gasteiger partial charge in [0.1, 0.15) is 11.6 Å². The van der Waals surface area contributed by atoms with E-state index in [1.165, 1.54) is 6.07 Å². The van der Waals surface area contributed by atoms with Crippen LogP contribution >= 0.6 is 0 Å². The number of phenols is 1. The Morgan fingerprint density at radius 3 is 2.44 bits per heavy atom. The van der Waals surface area contributed by atoms with Gasteiger partial charge in [-0.05, 0) is 30.7 Å². The Labute approximate surface area is 106 Å². The first-order valence-corrected chi connectivity index (χ1v) is 5.92. The Bertz CT molecular complexity index is 510. The van der Waals surface area contributed by atoms with E-state index >= 15 is 0 Å². The smallest absolute Gasteiger partial charge is 0.127 e. The van der Waals surface area contributed by atoms with Gasteiger partial charge in [-0.2, -0.15) is 0 Å². The van der Waals surface area contributed by atoms with E-state index in [4.69, 9.17) is 0 Å². The zero-order chi connectivity index (χ0) is 13.0. The topological polar surface area (TPSA) is 32.3 Å². The number of benzene rings is 2. The summed E-state index contributed by atoms with van der Waals surface area (Å²) in [5.74, 6) is 0.0583. The average molecular weight is 245 g/mol. The maximum atomic E-state index is 13.4. The van der Waals surface area contributed by atoms with Crippen molar-refractivity contribution in [3.05, 3.63) is 65.5 Å². The van der Waals surface area contributed by atoms with Gasteiger partial charge in [-0.1, -0.05) is 30.3 Å². The predicted octanol–water partition coefficient (Wildman–Crippen LogP) is 3.38. The van der Waals surface area contributed by atoms with Crippen molar-refractivity contribution < 1.29 is 9.50 Å². The molecule has 0 fully saturated rings. The van der Waals surface area contributed by atoms with E-state index in [0.717, 1.165) is 5.56 Å². The molecular formula is C15H16FNO. The molecule has 0 aliphatic rings. The van der Waals surface area contributed by atoms with Crippen molar-refractivity contribution >= 4 is 0 Å². The molecule has 1 unspecified atom stereocenters. The van der Waals surface area contributed by atoms with Crippen LogP contribution in [0.3, 0.4) is 0 Å². The Morgan fingerprint density at radius 1 is 1.11 bits per heavy atom. The van der Waals surface area contributed by atoms with Crippen molar-refractivity contribution in [3.63, 3.8) is 0 Å². The minimum absolute atomic E-state index is 0.102. The highest BCUT2D eigenvalue weighted by atomic mass is 19.1. The summed E-state index contributed by atoms with van der Waals surface area (Å²) < 4.78 is 13.4. The molecule has 0 aromatic heterocycles. The summed E-state index contributed by atoms with van der Waals surface area (Å²) in [4.78, 5) is 0. The van der Waals surface area contributed by atoms with Gasteiger partial charge in [0.2, 0.25) is 0 Å². The van der Waals surface area contributed by atoms with Crippen LogP contribution in [0.15, 0.2) is 48.5 Å². The molecule has 0 saturated heterocycles. The SMILES string of the molecule is CC(NCc1ccccc1F)c1ccc(O)cc1. The Hall–Kier alpha value is -1.87. The minimum Gasteiger partial charge on any atom is -0.508 e. The molecule has 0 amide bonds. The first kappa shape index (κ1) is 12.6. The zero-order valence-corrected chi connectivity index (χ0v) is 10.2. The van der Waals surface area contributed by atoms with Crippen LogP contribution in [0.2, 0.25) is 0 Å². The van der Waals surface area contributed by atoms with Crippen molar-refractivity contribution in [2.24, 2.45) is 0 Å². The van der Waals surface area contributed by atoms with E-state index in [0.29, 0.717) is 12.1 Å². The number of hydrogen-bond acceptors (Lipinski definition) is 2. The van der Waals surface area contributed by atoms with Gasteiger partial charge in [0, 0.05) is 18.2 Å². The first-order chi connectivity index (χ1) is 8.66. The number of nitrogens with one attached hydrogen (secondary N) is 1. The van der Waals surface area contributed by atoms with E-state index < -0.39 is 0 Å². The number of hydrogen-bond donors (Lipinski definition) is 2. The molecule has 1 atom stereocenters. The maximum Gasteiger partial charge on any atom is 0.127 e. The molecule has 0 aliphatic carbocycles. The second kappa shape index (κ2) is 5.65. The zero-order valence-electron chi connectivity index (χ0n) is 10.2. The molecule has 18 heavy (non-hydrogen) atoms. The molecule has 2 rings (SSSR count). The van der Waals surface area contributed by atoms with Gasteiger partial charge in [0.25, 0.3) is 0 Å². The third kappa shape index (κ3) is 3.08. The lowest BCUT2D eigenvalue weighted by Gasteiger charge is -2.14. The molecule has 0 heterocycles. The van der Waals surface area contributed by atoms with Crippen LogP contribution in [-0.2, 0) is 6.54 Å². The highest BCUT2D eigenvalue weighted by Gasteiger charge is 2.06. The van der Waals surface area contributed by atoms with Crippen LogP contribution in [0, 0.1) is 5.82 Å². The van der Waals surface area contributed by atoms with Crippen LogP contribution in [0.25, 0.3) is 0 Å². The van der Waals surface area contributed by atoms with Gasteiger partial charge < -0.3 is 10.4 Å². The van der Waals surface area contributed by atoms with Crippen LogP contribution in [0.4, 0.5) is 4.39 Å². The summed E-state index contributed by atoms with van der Waals surface area (Å²) in [6, 6.07) is 13.8. The number of aromatic hydroxyl groups is 1. The Morgan fingerprint density at radius 2 is 1.78 bits per heavy atom. The molecule has 2 aromatic carbocycles. The summed E-state index contributed by atoms with van der Waals surface area (Å²) in [5, 5.41) is 12.5. The lowest BCUT2D eigenvalue weighted by atomic mass is 10.1. The molecule has 0 aliphatic heterocycles. The van der Waals surface area contributed by atoms with E-state index in [9.17, 15) is 9.50 Å². The van der Waals surface area contributed by atoms with Gasteiger partial charge in [-0.15, -0.1) is 0 Å². The van der Waals surface area contributed by atoms with Crippen molar-refractivity contribution in [2.45, 2.75) is 19.5 Å². The van der Waals surface area contributed by atoms with Gasteiger partial charge in [0.15, 0.2) is 0 Å². The van der Waals surface area contributed by atoms with Gasteiger partial charge in [-0.25, -0.2) is 4.39 Å². The highest BCUT2D eigenvalue weighted by Crippen LogP contribution is 2.17. The lowest BCUT2D eigenvalue weighted by molar-refractivity contribution is 0.474. The van der Waals surface area contributed by atoms with Gasteiger partial charge in [-0.3, -0.25) is 0 Å². The van der Waals surface area contributed by atoms with Crippen LogP contribution < -0.4 is 5.32 Å². The van der Waals surface area contributed by atoms with Gasteiger partial charge in [0.05, 0.1) is 0 Å². The molecule has 2 nitrogen and oxygen atoms in total. The first-order valence-electron chi connectivity index (χ1n) is 5.92. The molecule has 2 aromatic rings. The second-order valence-corrected chi connectivity index (χ2v) is 4.29. The quantitative estimate of drug-likeness (QED) is 0.865. The normalized spacial score (nSPS) is 12.3. The van der Waals surface area contributed by atoms with Crippen LogP contribution in [0.5, 0.6) is 5.75 Å². The maximum absolute atomic E-state index is 13.4. The van der Waals surface area contributed by atoms with Gasteiger partial charge >= 0.3 is 0 Å². The number of halogens is 1. The summed E-state index contributed by atoms with van der Waals surface area (Å²) in [7, 11) is 0. The van der Waals surface area contributed by atoms with Crippen molar-refractivity contribution in [2.75, 3.05) is 0 Å². The van der Waals surface area contributed by atoms with E-state index in [1.54, 1.807) is 24.3 Å². The molecular weight excluding hydrogens is 229 g/mol. The highest BCUT2D eigenvalue weighted by molar-refractivity contribution is 5.28. The standard InChI is InChI=1S/C15H16FNO/c1-11(12-6-8-14(18)9-7-12)17-10-13-4-2-3-5-15(13)16/h2-9,11,17-18H,10H2,1H3. The van der Waals surface area contributed by atoms with Crippen LogP contribution in [0.1, 0.15) is 24.1 Å². The summed E-state index contributed by atoms with van der Waals surface area (Å²) >= 11 is 0. The molecule has 0 radical (unpaired) electrons. The fourth-order valence-electron chi connectivity index (χ4n) is 1.79. The largest absolute Gasteiger partial charge is 0.508 e. The molecule has 0 saturated carbocycles. The third-order valence-electron chi connectivity index (χ3n) is 2.95. The van der Waals surface area contributed by atoms with E-state index in [1.807, 2.05) is 25.1 Å². The predicted molar refractivity (Wildman–Crippen MR) is 69.8 cm³/mol. The Balaban J connectivity index is 1.98. The minimum atomic E-state index is -0.192. The second-order valence-electron chi connectivity index (χ2n) is 4.29. The average Bonchev–Trinajstić information content (AvgIpc) is 2.38. The molecule has 94 valence electrons. The van der Waals surface area contributed by atoms with Crippen molar-refractivity contribution in [1.29, 1.82) is 0 Å². The lowest BCUT2D eigenvalue weighted by Crippen LogP contribution is -2.18. The van der Waals surface area contributed by atoms with Crippen molar-refractivity contribution in [1.82, 2.24) is 5.32 Å². The molecule has 3 heteroatoms. The summed E-state index contributed by atoms with van der Waals surface area (Å²) in [6.45, 7) is 2.49. The molecule has 0 bridgehead atoms.